The minimum absolute atomic E-state index is 0.0755. The Hall–Kier alpha value is -0.950. The first-order valence-electron chi connectivity index (χ1n) is 7.38. The largest absolute Gasteiger partial charge is 0.373 e. The Morgan fingerprint density at radius 2 is 1.95 bits per heavy atom. The van der Waals surface area contributed by atoms with E-state index in [9.17, 15) is 8.42 Å². The van der Waals surface area contributed by atoms with Crippen molar-refractivity contribution in [3.05, 3.63) is 29.8 Å². The molecule has 118 valence electrons. The van der Waals surface area contributed by atoms with Crippen LogP contribution in [0.15, 0.2) is 29.2 Å². The molecule has 1 aromatic carbocycles. The number of hydrogen-bond donors (Lipinski definition) is 1. The van der Waals surface area contributed by atoms with Gasteiger partial charge in [0.25, 0.3) is 0 Å². The summed E-state index contributed by atoms with van der Waals surface area (Å²) in [5.74, 6) is 0. The molecule has 1 N–H and O–H groups in total. The molecule has 0 bridgehead atoms. The summed E-state index contributed by atoms with van der Waals surface area (Å²) in [6.07, 6.45) is -0.151. The summed E-state index contributed by atoms with van der Waals surface area (Å²) in [7, 11) is -3.45. The Balaban J connectivity index is 2.22. The van der Waals surface area contributed by atoms with Gasteiger partial charge in [-0.25, -0.2) is 8.42 Å². The van der Waals surface area contributed by atoms with Crippen molar-refractivity contribution in [3.63, 3.8) is 0 Å². The summed E-state index contributed by atoms with van der Waals surface area (Å²) in [6, 6.07) is 7.15. The van der Waals surface area contributed by atoms with Crippen molar-refractivity contribution in [2.75, 3.05) is 19.6 Å². The highest BCUT2D eigenvalue weighted by Gasteiger charge is 2.32. The van der Waals surface area contributed by atoms with Crippen LogP contribution >= 0.6 is 0 Å². The molecule has 0 saturated carbocycles. The second-order valence-corrected chi connectivity index (χ2v) is 7.45. The van der Waals surface area contributed by atoms with Crippen molar-refractivity contribution in [3.8, 4) is 0 Å². The minimum atomic E-state index is -3.45. The molecular weight excluding hydrogens is 288 g/mol. The van der Waals surface area contributed by atoms with Gasteiger partial charge in [-0.3, -0.25) is 0 Å². The van der Waals surface area contributed by atoms with E-state index in [-0.39, 0.29) is 12.2 Å². The number of ether oxygens (including phenoxy) is 1. The van der Waals surface area contributed by atoms with E-state index in [0.717, 1.165) is 12.1 Å². The van der Waals surface area contributed by atoms with Crippen molar-refractivity contribution in [2.45, 2.75) is 44.4 Å². The number of sulfonamides is 1. The van der Waals surface area contributed by atoms with E-state index in [0.29, 0.717) is 24.5 Å². The van der Waals surface area contributed by atoms with E-state index in [4.69, 9.17) is 4.74 Å². The van der Waals surface area contributed by atoms with Gasteiger partial charge >= 0.3 is 0 Å². The molecule has 1 aliphatic rings. The van der Waals surface area contributed by atoms with Crippen LogP contribution in [0.1, 0.15) is 26.3 Å². The third kappa shape index (κ3) is 4.03. The zero-order chi connectivity index (χ0) is 15.5. The summed E-state index contributed by atoms with van der Waals surface area (Å²) in [5.41, 5.74) is 0.979. The molecule has 6 heteroatoms. The molecule has 2 unspecified atom stereocenters. The van der Waals surface area contributed by atoms with Gasteiger partial charge in [0, 0.05) is 19.6 Å². The topological polar surface area (TPSA) is 58.6 Å². The Morgan fingerprint density at radius 3 is 2.57 bits per heavy atom. The molecule has 2 atom stereocenters. The van der Waals surface area contributed by atoms with E-state index in [2.05, 4.69) is 5.32 Å². The Kier molecular flexibility index (Phi) is 5.37. The average Bonchev–Trinajstić information content (AvgIpc) is 2.44. The number of benzene rings is 1. The first-order valence-corrected chi connectivity index (χ1v) is 8.82. The average molecular weight is 312 g/mol. The predicted octanol–water partition coefficient (Wildman–Crippen LogP) is 1.59. The van der Waals surface area contributed by atoms with Crippen LogP contribution in [0.3, 0.4) is 0 Å². The molecule has 1 aromatic rings. The van der Waals surface area contributed by atoms with Crippen LogP contribution in [-0.4, -0.2) is 44.6 Å². The molecule has 0 aromatic heterocycles. The molecule has 0 radical (unpaired) electrons. The van der Waals surface area contributed by atoms with Gasteiger partial charge in [0.15, 0.2) is 0 Å². The lowest BCUT2D eigenvalue weighted by Crippen LogP contribution is -2.48. The van der Waals surface area contributed by atoms with Gasteiger partial charge in [-0.15, -0.1) is 0 Å². The van der Waals surface area contributed by atoms with Gasteiger partial charge in [0.1, 0.15) is 0 Å². The number of hydrogen-bond acceptors (Lipinski definition) is 4. The lowest BCUT2D eigenvalue weighted by atomic mass is 10.2. The third-order valence-electron chi connectivity index (χ3n) is 3.50. The molecule has 21 heavy (non-hydrogen) atoms. The van der Waals surface area contributed by atoms with Crippen molar-refractivity contribution in [1.29, 1.82) is 0 Å². The van der Waals surface area contributed by atoms with Crippen LogP contribution in [0.2, 0.25) is 0 Å². The molecule has 0 spiro atoms. The third-order valence-corrected chi connectivity index (χ3v) is 5.33. The van der Waals surface area contributed by atoms with Crippen LogP contribution in [0, 0.1) is 0 Å². The fraction of sp³-hybridized carbons (Fsp3) is 0.600. The van der Waals surface area contributed by atoms with Gasteiger partial charge < -0.3 is 10.1 Å². The zero-order valence-corrected chi connectivity index (χ0v) is 13.7. The first kappa shape index (κ1) is 16.4. The minimum Gasteiger partial charge on any atom is -0.373 e. The number of morpholine rings is 1. The summed E-state index contributed by atoms with van der Waals surface area (Å²) in [4.78, 5) is 0.360. The van der Waals surface area contributed by atoms with E-state index in [1.807, 2.05) is 26.8 Å². The van der Waals surface area contributed by atoms with Gasteiger partial charge in [-0.2, -0.15) is 4.31 Å². The van der Waals surface area contributed by atoms with Gasteiger partial charge in [0.2, 0.25) is 10.0 Å². The molecule has 1 aliphatic heterocycles. The Morgan fingerprint density at radius 1 is 1.29 bits per heavy atom. The number of nitrogens with one attached hydrogen (secondary N) is 1. The lowest BCUT2D eigenvalue weighted by Gasteiger charge is -2.34. The molecule has 5 nitrogen and oxygen atoms in total. The maximum Gasteiger partial charge on any atom is 0.243 e. The molecule has 2 rings (SSSR count). The van der Waals surface area contributed by atoms with E-state index < -0.39 is 10.0 Å². The summed E-state index contributed by atoms with van der Waals surface area (Å²) < 4.78 is 32.6. The van der Waals surface area contributed by atoms with Crippen molar-refractivity contribution in [1.82, 2.24) is 9.62 Å². The molecule has 1 saturated heterocycles. The number of nitrogens with zero attached hydrogens (tertiary/aromatic N) is 1. The molecule has 0 amide bonds. The van der Waals surface area contributed by atoms with E-state index in [1.54, 1.807) is 18.2 Å². The second-order valence-electron chi connectivity index (χ2n) is 5.51. The van der Waals surface area contributed by atoms with Gasteiger partial charge in [0.05, 0.1) is 17.1 Å². The van der Waals surface area contributed by atoms with Crippen LogP contribution in [0.25, 0.3) is 0 Å². The van der Waals surface area contributed by atoms with Crippen LogP contribution in [0.5, 0.6) is 0 Å². The lowest BCUT2D eigenvalue weighted by molar-refractivity contribution is -0.0440. The first-order chi connectivity index (χ1) is 9.93. The van der Waals surface area contributed by atoms with E-state index in [1.165, 1.54) is 4.31 Å². The molecule has 1 fully saturated rings. The normalized spacial score (nSPS) is 24.1. The predicted molar refractivity (Wildman–Crippen MR) is 82.6 cm³/mol. The Bertz CT molecular complexity index is 564. The monoisotopic (exact) mass is 312 g/mol. The molecular formula is C15H24N2O3S. The highest BCUT2D eigenvalue weighted by atomic mass is 32.2. The van der Waals surface area contributed by atoms with Crippen LogP contribution in [0.4, 0.5) is 0 Å². The smallest absolute Gasteiger partial charge is 0.243 e. The maximum absolute atomic E-state index is 12.8. The van der Waals surface area contributed by atoms with Crippen molar-refractivity contribution < 1.29 is 13.2 Å². The zero-order valence-electron chi connectivity index (χ0n) is 12.9. The summed E-state index contributed by atoms with van der Waals surface area (Å²) >= 11 is 0. The van der Waals surface area contributed by atoms with Gasteiger partial charge in [-0.05, 0) is 38.1 Å². The maximum atomic E-state index is 12.8. The van der Waals surface area contributed by atoms with Crippen LogP contribution < -0.4 is 5.32 Å². The summed E-state index contributed by atoms with van der Waals surface area (Å²) in [6.45, 7) is 8.18. The Labute approximate surface area is 127 Å². The van der Waals surface area contributed by atoms with Crippen molar-refractivity contribution in [2.24, 2.45) is 0 Å². The SMILES string of the molecule is CCNCc1cccc(S(=O)(=O)N2CC(C)OC(C)C2)c1. The standard InChI is InChI=1S/C15H24N2O3S/c1-4-16-9-14-6-5-7-15(8-14)21(18,19)17-10-12(2)20-13(3)11-17/h5-8,12-13,16H,4,9-11H2,1-3H3. The van der Waals surface area contributed by atoms with Crippen LogP contribution in [-0.2, 0) is 21.3 Å². The highest BCUT2D eigenvalue weighted by Crippen LogP contribution is 2.21. The second kappa shape index (κ2) is 6.87. The summed E-state index contributed by atoms with van der Waals surface area (Å²) in [5, 5.41) is 3.21. The number of rotatable bonds is 5. The van der Waals surface area contributed by atoms with Gasteiger partial charge in [-0.1, -0.05) is 19.1 Å². The fourth-order valence-corrected chi connectivity index (χ4v) is 4.22. The quantitative estimate of drug-likeness (QED) is 0.897. The van der Waals surface area contributed by atoms with Crippen molar-refractivity contribution >= 4 is 10.0 Å². The van der Waals surface area contributed by atoms with E-state index >= 15 is 0 Å². The highest BCUT2D eigenvalue weighted by molar-refractivity contribution is 7.89. The molecule has 0 aliphatic carbocycles. The molecule has 1 heterocycles. The fourth-order valence-electron chi connectivity index (χ4n) is 2.56.